The normalized spacial score (nSPS) is 21.3. The summed E-state index contributed by atoms with van der Waals surface area (Å²) in [6.07, 6.45) is 1.55. The van der Waals surface area contributed by atoms with Gasteiger partial charge in [-0.3, -0.25) is 9.69 Å². The Bertz CT molecular complexity index is 366. The third-order valence-corrected chi connectivity index (χ3v) is 3.26. The van der Waals surface area contributed by atoms with Gasteiger partial charge in [-0.2, -0.15) is 0 Å². The second kappa shape index (κ2) is 4.24. The lowest BCUT2D eigenvalue weighted by Crippen LogP contribution is -2.24. The number of hydrogen-bond donors (Lipinski definition) is 1. The van der Waals surface area contributed by atoms with Gasteiger partial charge in [-0.1, -0.05) is 18.3 Å². The number of aliphatic hydroxyl groups excluding tert-OH is 1. The van der Waals surface area contributed by atoms with Crippen molar-refractivity contribution in [3.63, 3.8) is 0 Å². The quantitative estimate of drug-likeness (QED) is 0.820. The van der Waals surface area contributed by atoms with Crippen molar-refractivity contribution in [2.45, 2.75) is 32.3 Å². The van der Waals surface area contributed by atoms with E-state index in [9.17, 15) is 9.90 Å². The van der Waals surface area contributed by atoms with E-state index in [1.54, 1.807) is 0 Å². The zero-order valence-corrected chi connectivity index (χ0v) is 9.33. The van der Waals surface area contributed by atoms with Crippen LogP contribution in [0.3, 0.4) is 0 Å². The van der Waals surface area contributed by atoms with E-state index in [0.717, 1.165) is 17.8 Å². The van der Waals surface area contributed by atoms with Crippen molar-refractivity contribution in [3.05, 3.63) is 5.01 Å². The summed E-state index contributed by atoms with van der Waals surface area (Å²) in [5.41, 5.74) is 0. The van der Waals surface area contributed by atoms with E-state index >= 15 is 0 Å². The molecule has 82 valence electrons. The number of anilines is 1. The van der Waals surface area contributed by atoms with E-state index in [4.69, 9.17) is 0 Å². The molecule has 2 rings (SSSR count). The van der Waals surface area contributed by atoms with Gasteiger partial charge in [-0.05, 0) is 6.42 Å². The highest BCUT2D eigenvalue weighted by Crippen LogP contribution is 2.25. The van der Waals surface area contributed by atoms with E-state index < -0.39 is 6.10 Å². The van der Waals surface area contributed by atoms with Gasteiger partial charge in [-0.15, -0.1) is 10.2 Å². The molecule has 5 nitrogen and oxygen atoms in total. The van der Waals surface area contributed by atoms with Crippen molar-refractivity contribution in [1.82, 2.24) is 10.2 Å². The smallest absolute Gasteiger partial charge is 0.231 e. The lowest BCUT2D eigenvalue weighted by atomic mass is 10.3. The van der Waals surface area contributed by atoms with Crippen LogP contribution >= 0.6 is 11.3 Å². The molecule has 0 aromatic carbocycles. The van der Waals surface area contributed by atoms with Crippen LogP contribution in [0.15, 0.2) is 0 Å². The predicted octanol–water partition coefficient (Wildman–Crippen LogP) is 0.588. The summed E-state index contributed by atoms with van der Waals surface area (Å²) in [6.45, 7) is 2.42. The second-order valence-electron chi connectivity index (χ2n) is 3.59. The van der Waals surface area contributed by atoms with Gasteiger partial charge < -0.3 is 5.11 Å². The monoisotopic (exact) mass is 227 g/mol. The number of amides is 1. The number of carbonyl (C=O) groups excluding carboxylic acids is 1. The van der Waals surface area contributed by atoms with Crippen molar-refractivity contribution >= 4 is 22.4 Å². The largest absolute Gasteiger partial charge is 0.391 e. The van der Waals surface area contributed by atoms with Gasteiger partial charge in [0.1, 0.15) is 5.01 Å². The van der Waals surface area contributed by atoms with Crippen molar-refractivity contribution < 1.29 is 9.90 Å². The van der Waals surface area contributed by atoms with Gasteiger partial charge in [0.2, 0.25) is 11.0 Å². The molecule has 15 heavy (non-hydrogen) atoms. The highest BCUT2D eigenvalue weighted by atomic mass is 32.1. The summed E-state index contributed by atoms with van der Waals surface area (Å²) >= 11 is 1.43. The minimum atomic E-state index is -0.559. The Morgan fingerprint density at radius 1 is 1.60 bits per heavy atom. The van der Waals surface area contributed by atoms with Gasteiger partial charge >= 0.3 is 0 Å². The van der Waals surface area contributed by atoms with E-state index in [2.05, 4.69) is 17.1 Å². The Balaban J connectivity index is 2.12. The van der Waals surface area contributed by atoms with Gasteiger partial charge in [0, 0.05) is 6.42 Å². The van der Waals surface area contributed by atoms with Crippen molar-refractivity contribution in [2.75, 3.05) is 11.4 Å². The molecule has 6 heteroatoms. The molecule has 0 saturated carbocycles. The van der Waals surface area contributed by atoms with Crippen LogP contribution in [0.1, 0.15) is 24.8 Å². The highest BCUT2D eigenvalue weighted by Gasteiger charge is 2.31. The summed E-state index contributed by atoms with van der Waals surface area (Å²) < 4.78 is 0. The SMILES string of the molecule is CCCc1nnc(N2CC(O)CC2=O)s1. The fourth-order valence-corrected chi connectivity index (χ4v) is 2.51. The molecule has 1 unspecified atom stereocenters. The molecule has 1 aromatic heterocycles. The Kier molecular flexibility index (Phi) is 2.97. The average molecular weight is 227 g/mol. The van der Waals surface area contributed by atoms with Gasteiger partial charge in [0.15, 0.2) is 0 Å². The number of aryl methyl sites for hydroxylation is 1. The fraction of sp³-hybridized carbons (Fsp3) is 0.667. The molecule has 1 aromatic rings. The molecular weight excluding hydrogens is 214 g/mol. The summed E-state index contributed by atoms with van der Waals surface area (Å²) in [4.78, 5) is 13.0. The first-order chi connectivity index (χ1) is 7.20. The first-order valence-corrected chi connectivity index (χ1v) is 5.83. The molecule has 0 aliphatic carbocycles. The molecule has 1 saturated heterocycles. The lowest BCUT2D eigenvalue weighted by molar-refractivity contribution is -0.117. The zero-order chi connectivity index (χ0) is 10.8. The Morgan fingerprint density at radius 3 is 3.00 bits per heavy atom. The maximum Gasteiger partial charge on any atom is 0.231 e. The Hall–Kier alpha value is -1.01. The molecule has 0 spiro atoms. The Labute approximate surface area is 91.7 Å². The predicted molar refractivity (Wildman–Crippen MR) is 56.9 cm³/mol. The van der Waals surface area contributed by atoms with Crippen molar-refractivity contribution in [3.8, 4) is 0 Å². The highest BCUT2D eigenvalue weighted by molar-refractivity contribution is 7.15. The van der Waals surface area contributed by atoms with Crippen LogP contribution in [0.25, 0.3) is 0 Å². The third kappa shape index (κ3) is 2.15. The molecule has 1 aliphatic rings. The standard InChI is InChI=1S/C9H13N3O2S/c1-2-3-7-10-11-9(15-7)12-5-6(13)4-8(12)14/h6,13H,2-5H2,1H3. The number of β-amino-alcohol motifs (C(OH)–C–C–N with tert-alkyl or cyclic N) is 1. The Morgan fingerprint density at radius 2 is 2.40 bits per heavy atom. The molecule has 1 atom stereocenters. The average Bonchev–Trinajstić information content (AvgIpc) is 2.73. The number of hydrogen-bond acceptors (Lipinski definition) is 5. The summed E-state index contributed by atoms with van der Waals surface area (Å²) in [7, 11) is 0. The maximum atomic E-state index is 11.5. The second-order valence-corrected chi connectivity index (χ2v) is 4.63. The van der Waals surface area contributed by atoms with Crippen LogP contribution in [0.5, 0.6) is 0 Å². The molecule has 0 radical (unpaired) electrons. The van der Waals surface area contributed by atoms with Crippen LogP contribution in [0.4, 0.5) is 5.13 Å². The topological polar surface area (TPSA) is 66.3 Å². The zero-order valence-electron chi connectivity index (χ0n) is 8.51. The first kappa shape index (κ1) is 10.5. The van der Waals surface area contributed by atoms with E-state index in [0.29, 0.717) is 11.7 Å². The number of rotatable bonds is 3. The van der Waals surface area contributed by atoms with Crippen LogP contribution < -0.4 is 4.90 Å². The van der Waals surface area contributed by atoms with Crippen molar-refractivity contribution in [2.24, 2.45) is 0 Å². The molecule has 1 N–H and O–H groups in total. The molecule has 1 amide bonds. The lowest BCUT2D eigenvalue weighted by Gasteiger charge is -2.09. The summed E-state index contributed by atoms with van der Waals surface area (Å²) in [6, 6.07) is 0. The fourth-order valence-electron chi connectivity index (χ4n) is 1.54. The van der Waals surface area contributed by atoms with Crippen molar-refractivity contribution in [1.29, 1.82) is 0 Å². The molecule has 2 heterocycles. The summed E-state index contributed by atoms with van der Waals surface area (Å²) in [5.74, 6) is -0.0679. The minimum Gasteiger partial charge on any atom is -0.391 e. The van der Waals surface area contributed by atoms with Gasteiger partial charge in [0.05, 0.1) is 19.1 Å². The number of carbonyl (C=O) groups is 1. The molecule has 1 fully saturated rings. The van der Waals surface area contributed by atoms with E-state index in [-0.39, 0.29) is 12.3 Å². The molecular formula is C9H13N3O2S. The van der Waals surface area contributed by atoms with Gasteiger partial charge in [0.25, 0.3) is 0 Å². The summed E-state index contributed by atoms with van der Waals surface area (Å²) in [5, 5.41) is 18.9. The third-order valence-electron chi connectivity index (χ3n) is 2.26. The van der Waals surface area contributed by atoms with E-state index in [1.165, 1.54) is 16.2 Å². The van der Waals surface area contributed by atoms with Gasteiger partial charge in [-0.25, -0.2) is 0 Å². The minimum absolute atomic E-state index is 0.0679. The first-order valence-electron chi connectivity index (χ1n) is 5.01. The number of aromatic nitrogens is 2. The van der Waals surface area contributed by atoms with Crippen LogP contribution in [-0.2, 0) is 11.2 Å². The molecule has 1 aliphatic heterocycles. The number of aliphatic hydroxyl groups is 1. The maximum absolute atomic E-state index is 11.5. The molecule has 0 bridgehead atoms. The van der Waals surface area contributed by atoms with Crippen LogP contribution in [0, 0.1) is 0 Å². The van der Waals surface area contributed by atoms with Crippen LogP contribution in [-0.4, -0.2) is 33.9 Å². The van der Waals surface area contributed by atoms with E-state index in [1.807, 2.05) is 0 Å². The number of nitrogens with zero attached hydrogens (tertiary/aromatic N) is 3. The van der Waals surface area contributed by atoms with Crippen LogP contribution in [0.2, 0.25) is 0 Å².